The van der Waals surface area contributed by atoms with Gasteiger partial charge in [-0.05, 0) is 116 Å². The summed E-state index contributed by atoms with van der Waals surface area (Å²) in [5, 5.41) is 4.95. The van der Waals surface area contributed by atoms with Gasteiger partial charge < -0.3 is 0 Å². The summed E-state index contributed by atoms with van der Waals surface area (Å²) in [6.07, 6.45) is 1.01. The van der Waals surface area contributed by atoms with Gasteiger partial charge in [0.2, 0.25) is 0 Å². The van der Waals surface area contributed by atoms with Gasteiger partial charge in [0.15, 0.2) is 5.82 Å². The van der Waals surface area contributed by atoms with Crippen LogP contribution in [0, 0.1) is 6.92 Å². The second-order valence-corrected chi connectivity index (χ2v) is 17.4. The molecule has 10 aromatic rings. The third-order valence-electron chi connectivity index (χ3n) is 13.9. The van der Waals surface area contributed by atoms with Gasteiger partial charge in [0.1, 0.15) is 5.69 Å². The van der Waals surface area contributed by atoms with Gasteiger partial charge in [0, 0.05) is 21.8 Å². The van der Waals surface area contributed by atoms with E-state index in [2.05, 4.69) is 196 Å². The highest BCUT2D eigenvalue weighted by molar-refractivity contribution is 6.21. The Balaban J connectivity index is 1.13. The number of hydrogen-bond donors (Lipinski definition) is 0. The van der Waals surface area contributed by atoms with E-state index in [-0.39, 0.29) is 11.3 Å². The van der Waals surface area contributed by atoms with Gasteiger partial charge in [-0.1, -0.05) is 160 Å². The molecule has 3 heteroatoms. The molecule has 0 saturated heterocycles. The van der Waals surface area contributed by atoms with Gasteiger partial charge in [-0.25, -0.2) is 9.97 Å². The van der Waals surface area contributed by atoms with Crippen LogP contribution in [0.3, 0.4) is 0 Å². The average molecular weight is 758 g/mol. The predicted octanol–water partition coefficient (Wildman–Crippen LogP) is 14.3. The van der Waals surface area contributed by atoms with Crippen molar-refractivity contribution in [3.63, 3.8) is 0 Å². The maximum absolute atomic E-state index is 5.60. The number of rotatable bonds is 4. The number of hydrogen-bond acceptors (Lipinski definition) is 2. The van der Waals surface area contributed by atoms with E-state index < -0.39 is 0 Å². The predicted molar refractivity (Wildman–Crippen MR) is 246 cm³/mol. The number of aromatic nitrogens is 3. The van der Waals surface area contributed by atoms with E-state index in [1.165, 1.54) is 77.2 Å². The Morgan fingerprint density at radius 2 is 1.29 bits per heavy atom. The van der Waals surface area contributed by atoms with E-state index >= 15 is 0 Å². The molecule has 8 aromatic carbocycles. The second kappa shape index (κ2) is 12.6. The Labute approximate surface area is 344 Å². The van der Waals surface area contributed by atoms with E-state index in [0.29, 0.717) is 5.92 Å². The van der Waals surface area contributed by atoms with Gasteiger partial charge in [0.25, 0.3) is 0 Å². The molecule has 0 saturated carbocycles. The Hall–Kier alpha value is -6.84. The lowest BCUT2D eigenvalue weighted by Crippen LogP contribution is -2.17. The summed E-state index contributed by atoms with van der Waals surface area (Å²) in [7, 11) is 0. The minimum absolute atomic E-state index is 0.147. The molecule has 2 unspecified atom stereocenters. The Kier molecular flexibility index (Phi) is 7.30. The molecule has 282 valence electrons. The first-order valence-electron chi connectivity index (χ1n) is 21.0. The maximum atomic E-state index is 5.60. The second-order valence-electron chi connectivity index (χ2n) is 17.4. The molecule has 0 bridgehead atoms. The minimum Gasteiger partial charge on any atom is -0.292 e. The molecule has 2 aliphatic rings. The van der Waals surface area contributed by atoms with Crippen LogP contribution in [0.2, 0.25) is 0 Å². The van der Waals surface area contributed by atoms with Crippen molar-refractivity contribution >= 4 is 43.6 Å². The molecule has 0 amide bonds. The summed E-state index contributed by atoms with van der Waals surface area (Å²) in [6.45, 7) is 9.45. The molecule has 2 aliphatic carbocycles. The monoisotopic (exact) mass is 757 g/mol. The van der Waals surface area contributed by atoms with Gasteiger partial charge in [-0.15, -0.1) is 0 Å². The van der Waals surface area contributed by atoms with Crippen LogP contribution in [0.1, 0.15) is 66.0 Å². The molecular weight excluding hydrogens is 715 g/mol. The standard InChI is InChI=1S/C56H43N3/c1-33(46-31-37-16-6-7-17-39(37)41-19-9-10-20-42(41)46)36-25-27-45-51(32-36)59(50-30-26-35-15-5-8-18-40(35)52(45)50)55-54(57-48-23-13-14-24-49(48)58-55)38-28-29-44-43-21-11-12-22-47(43)56(3,4)53(44)34(38)2/h5-30,32-33,46H,31H2,1-4H3. The maximum Gasteiger partial charge on any atom is 0.165 e. The summed E-state index contributed by atoms with van der Waals surface area (Å²) in [4.78, 5) is 11.2. The fraction of sp³-hybridized carbons (Fsp3) is 0.143. The Bertz CT molecular complexity index is 3380. The zero-order valence-corrected chi connectivity index (χ0v) is 33.8. The molecule has 0 fully saturated rings. The molecule has 0 aliphatic heterocycles. The van der Waals surface area contributed by atoms with E-state index in [9.17, 15) is 0 Å². The van der Waals surface area contributed by atoms with Crippen molar-refractivity contribution in [1.82, 2.24) is 14.5 Å². The van der Waals surface area contributed by atoms with Crippen LogP contribution in [0.5, 0.6) is 0 Å². The first-order valence-corrected chi connectivity index (χ1v) is 21.0. The highest BCUT2D eigenvalue weighted by Crippen LogP contribution is 2.52. The summed E-state index contributed by atoms with van der Waals surface area (Å²) < 4.78 is 2.43. The van der Waals surface area contributed by atoms with Gasteiger partial charge >= 0.3 is 0 Å². The first kappa shape index (κ1) is 34.2. The summed E-state index contributed by atoms with van der Waals surface area (Å²) >= 11 is 0. The fourth-order valence-corrected chi connectivity index (χ4v) is 11.1. The molecule has 59 heavy (non-hydrogen) atoms. The van der Waals surface area contributed by atoms with Crippen LogP contribution >= 0.6 is 0 Å². The van der Waals surface area contributed by atoms with Crippen LogP contribution in [-0.4, -0.2) is 14.5 Å². The molecule has 2 heterocycles. The number of benzene rings is 8. The van der Waals surface area contributed by atoms with Crippen molar-refractivity contribution in [1.29, 1.82) is 0 Å². The van der Waals surface area contributed by atoms with Gasteiger partial charge in [-0.2, -0.15) is 0 Å². The van der Waals surface area contributed by atoms with Crippen LogP contribution in [0.15, 0.2) is 164 Å². The van der Waals surface area contributed by atoms with Crippen molar-refractivity contribution in [2.24, 2.45) is 0 Å². The van der Waals surface area contributed by atoms with Gasteiger partial charge in [-0.3, -0.25) is 4.57 Å². The molecule has 0 N–H and O–H groups in total. The fourth-order valence-electron chi connectivity index (χ4n) is 11.1. The average Bonchev–Trinajstić information content (AvgIpc) is 3.74. The van der Waals surface area contributed by atoms with Crippen molar-refractivity contribution in [2.45, 2.75) is 51.4 Å². The lowest BCUT2D eigenvalue weighted by Gasteiger charge is -2.32. The van der Waals surface area contributed by atoms with Gasteiger partial charge in [0.05, 0.1) is 22.1 Å². The number of fused-ring (bicyclic) bond motifs is 12. The van der Waals surface area contributed by atoms with Crippen molar-refractivity contribution in [2.75, 3.05) is 0 Å². The van der Waals surface area contributed by atoms with E-state index in [1.807, 2.05) is 0 Å². The summed E-state index contributed by atoms with van der Waals surface area (Å²) in [6, 6.07) is 60.4. The van der Waals surface area contributed by atoms with Crippen LogP contribution < -0.4 is 0 Å². The third kappa shape index (κ3) is 4.88. The zero-order valence-electron chi connectivity index (χ0n) is 33.8. The zero-order chi connectivity index (χ0) is 39.6. The van der Waals surface area contributed by atoms with Crippen LogP contribution in [0.25, 0.3) is 82.9 Å². The normalized spacial score (nSPS) is 15.6. The molecule has 2 atom stereocenters. The smallest absolute Gasteiger partial charge is 0.165 e. The highest BCUT2D eigenvalue weighted by Gasteiger charge is 2.38. The lowest BCUT2D eigenvalue weighted by atomic mass is 9.72. The Morgan fingerprint density at radius 1 is 0.593 bits per heavy atom. The first-order chi connectivity index (χ1) is 28.9. The van der Waals surface area contributed by atoms with Crippen molar-refractivity contribution in [3.05, 3.63) is 197 Å². The molecule has 0 spiro atoms. The number of para-hydroxylation sites is 2. The topological polar surface area (TPSA) is 30.7 Å². The van der Waals surface area contributed by atoms with Crippen LogP contribution in [0.4, 0.5) is 0 Å². The quantitative estimate of drug-likeness (QED) is 0.179. The molecule has 2 aromatic heterocycles. The van der Waals surface area contributed by atoms with E-state index in [1.54, 1.807) is 0 Å². The van der Waals surface area contributed by atoms with E-state index in [0.717, 1.165) is 45.6 Å². The Morgan fingerprint density at radius 3 is 2.15 bits per heavy atom. The molecular formula is C56H43N3. The SMILES string of the molecule is Cc1c(-c2nc3ccccc3nc2-n2c3cc(C(C)C4Cc5ccccc5-c5ccccc54)ccc3c3c4ccccc4ccc32)ccc2c1C(C)(C)c1ccccc1-2. The minimum atomic E-state index is -0.147. The van der Waals surface area contributed by atoms with E-state index in [4.69, 9.17) is 9.97 Å². The van der Waals surface area contributed by atoms with Crippen molar-refractivity contribution in [3.8, 4) is 39.3 Å². The largest absolute Gasteiger partial charge is 0.292 e. The lowest BCUT2D eigenvalue weighted by molar-refractivity contribution is 0.568. The summed E-state index contributed by atoms with van der Waals surface area (Å²) in [5.41, 5.74) is 19.5. The molecule has 3 nitrogen and oxygen atoms in total. The van der Waals surface area contributed by atoms with Crippen molar-refractivity contribution < 1.29 is 0 Å². The highest BCUT2D eigenvalue weighted by atomic mass is 15.1. The summed E-state index contributed by atoms with van der Waals surface area (Å²) in [5.74, 6) is 1.47. The third-order valence-corrected chi connectivity index (χ3v) is 13.9. The number of nitrogens with zero attached hydrogens (tertiary/aromatic N) is 3. The molecule has 0 radical (unpaired) electrons. The molecule has 12 rings (SSSR count). The van der Waals surface area contributed by atoms with Crippen LogP contribution in [-0.2, 0) is 11.8 Å².